The molecule has 2 aliphatic heterocycles. The van der Waals surface area contributed by atoms with Crippen molar-refractivity contribution in [1.29, 1.82) is 0 Å². The van der Waals surface area contributed by atoms with E-state index in [1.54, 1.807) is 17.0 Å². The van der Waals surface area contributed by atoms with Crippen molar-refractivity contribution < 1.29 is 17.9 Å². The third-order valence-corrected chi connectivity index (χ3v) is 5.39. The summed E-state index contributed by atoms with van der Waals surface area (Å²) in [6.07, 6.45) is 0.753. The fourth-order valence-electron chi connectivity index (χ4n) is 2.68. The van der Waals surface area contributed by atoms with Crippen LogP contribution in [-0.4, -0.2) is 44.9 Å². The number of amides is 1. The number of sulfonamides is 1. The average molecular weight is 325 g/mol. The molecule has 1 atom stereocenters. The lowest BCUT2D eigenvalue weighted by Gasteiger charge is -2.16. The number of carbonyl (C=O) groups is 1. The monoisotopic (exact) mass is 325 g/mol. The van der Waals surface area contributed by atoms with Gasteiger partial charge in [-0.25, -0.2) is 13.1 Å². The molecule has 0 saturated carbocycles. The first-order valence-electron chi connectivity index (χ1n) is 7.18. The molecule has 0 unspecified atom stereocenters. The van der Waals surface area contributed by atoms with Crippen molar-refractivity contribution in [3.8, 4) is 0 Å². The van der Waals surface area contributed by atoms with E-state index in [1.165, 1.54) is 6.07 Å². The van der Waals surface area contributed by atoms with E-state index in [9.17, 15) is 13.2 Å². The Labute approximate surface area is 129 Å². The quantitative estimate of drug-likeness (QED) is 0.781. The van der Waals surface area contributed by atoms with Gasteiger partial charge in [-0.05, 0) is 29.7 Å². The van der Waals surface area contributed by atoms with Gasteiger partial charge < -0.3 is 15.4 Å². The SMILES string of the molecule is N[C@@H]1CCN(C(=O)CNS(=O)(=O)c2ccc3c(c2)COC3)C1. The summed E-state index contributed by atoms with van der Waals surface area (Å²) in [5.74, 6) is -0.249. The van der Waals surface area contributed by atoms with Crippen LogP contribution in [0.2, 0.25) is 0 Å². The molecule has 0 aliphatic carbocycles. The molecule has 1 saturated heterocycles. The molecule has 1 aromatic rings. The third-order valence-electron chi connectivity index (χ3n) is 3.99. The zero-order valence-corrected chi connectivity index (χ0v) is 12.9. The summed E-state index contributed by atoms with van der Waals surface area (Å²) in [4.78, 5) is 13.7. The highest BCUT2D eigenvalue weighted by Crippen LogP contribution is 2.22. The van der Waals surface area contributed by atoms with Gasteiger partial charge in [0.25, 0.3) is 0 Å². The van der Waals surface area contributed by atoms with Crippen LogP contribution in [0.25, 0.3) is 0 Å². The second-order valence-electron chi connectivity index (χ2n) is 5.64. The Kier molecular flexibility index (Phi) is 4.18. The second-order valence-corrected chi connectivity index (χ2v) is 7.40. The van der Waals surface area contributed by atoms with Gasteiger partial charge in [-0.1, -0.05) is 6.07 Å². The third kappa shape index (κ3) is 3.14. The summed E-state index contributed by atoms with van der Waals surface area (Å²) in [5.41, 5.74) is 7.62. The first-order chi connectivity index (χ1) is 10.5. The molecule has 1 aromatic carbocycles. The molecule has 2 heterocycles. The predicted octanol–water partition coefficient (Wildman–Crippen LogP) is -0.445. The van der Waals surface area contributed by atoms with Crippen molar-refractivity contribution in [3.05, 3.63) is 29.3 Å². The van der Waals surface area contributed by atoms with Gasteiger partial charge in [0.15, 0.2) is 0 Å². The van der Waals surface area contributed by atoms with Gasteiger partial charge in [-0.3, -0.25) is 4.79 Å². The number of nitrogens with zero attached hydrogens (tertiary/aromatic N) is 1. The van der Waals surface area contributed by atoms with Gasteiger partial charge in [0.05, 0.1) is 24.7 Å². The molecule has 0 spiro atoms. The Bertz CT molecular complexity index is 689. The minimum absolute atomic E-state index is 0.0164. The van der Waals surface area contributed by atoms with Gasteiger partial charge in [0.1, 0.15) is 0 Å². The van der Waals surface area contributed by atoms with Gasteiger partial charge in [-0.15, -0.1) is 0 Å². The summed E-state index contributed by atoms with van der Waals surface area (Å²) in [5, 5.41) is 0. The van der Waals surface area contributed by atoms with Crippen LogP contribution in [0.15, 0.2) is 23.1 Å². The van der Waals surface area contributed by atoms with Crippen molar-refractivity contribution in [1.82, 2.24) is 9.62 Å². The van der Waals surface area contributed by atoms with Gasteiger partial charge in [-0.2, -0.15) is 0 Å². The number of fused-ring (bicyclic) bond motifs is 1. The fourth-order valence-corrected chi connectivity index (χ4v) is 3.71. The van der Waals surface area contributed by atoms with E-state index >= 15 is 0 Å². The first kappa shape index (κ1) is 15.4. The Morgan fingerprint density at radius 2 is 2.14 bits per heavy atom. The maximum Gasteiger partial charge on any atom is 0.241 e. The van der Waals surface area contributed by atoms with Crippen LogP contribution >= 0.6 is 0 Å². The van der Waals surface area contributed by atoms with Crippen molar-refractivity contribution in [2.24, 2.45) is 5.73 Å². The molecule has 22 heavy (non-hydrogen) atoms. The van der Waals surface area contributed by atoms with E-state index < -0.39 is 10.0 Å². The minimum Gasteiger partial charge on any atom is -0.372 e. The molecule has 2 aliphatic rings. The number of rotatable bonds is 4. The maximum atomic E-state index is 12.3. The summed E-state index contributed by atoms with van der Waals surface area (Å²) in [7, 11) is -3.70. The highest BCUT2D eigenvalue weighted by atomic mass is 32.2. The van der Waals surface area contributed by atoms with Crippen molar-refractivity contribution >= 4 is 15.9 Å². The number of likely N-dealkylation sites (tertiary alicyclic amines) is 1. The molecule has 7 nitrogen and oxygen atoms in total. The molecule has 8 heteroatoms. The molecule has 0 aromatic heterocycles. The standard InChI is InChI=1S/C14H19N3O4S/c15-12-3-4-17(7-12)14(18)6-16-22(19,20)13-2-1-10-8-21-9-11(10)5-13/h1-2,5,12,16H,3-4,6-9,15H2/t12-/m1/s1. The normalized spacial score (nSPS) is 21.1. The van der Waals surface area contributed by atoms with Crippen LogP contribution in [0.1, 0.15) is 17.5 Å². The van der Waals surface area contributed by atoms with Crippen LogP contribution < -0.4 is 10.5 Å². The Morgan fingerprint density at radius 3 is 2.86 bits per heavy atom. The average Bonchev–Trinajstić information content (AvgIpc) is 3.12. The van der Waals surface area contributed by atoms with Crippen LogP contribution in [-0.2, 0) is 32.8 Å². The molecule has 3 rings (SSSR count). The van der Waals surface area contributed by atoms with Crippen LogP contribution in [0.3, 0.4) is 0 Å². The zero-order valence-electron chi connectivity index (χ0n) is 12.1. The van der Waals surface area contributed by atoms with E-state index in [-0.39, 0.29) is 23.4 Å². The number of nitrogens with one attached hydrogen (secondary N) is 1. The second kappa shape index (κ2) is 5.96. The van der Waals surface area contributed by atoms with Gasteiger partial charge >= 0.3 is 0 Å². The summed E-state index contributed by atoms with van der Waals surface area (Å²) < 4.78 is 32.2. The number of carbonyl (C=O) groups excluding carboxylic acids is 1. The summed E-state index contributed by atoms with van der Waals surface area (Å²) in [6.45, 7) is 1.75. The van der Waals surface area contributed by atoms with E-state index in [4.69, 9.17) is 10.5 Å². The lowest BCUT2D eigenvalue weighted by Crippen LogP contribution is -2.40. The molecule has 3 N–H and O–H groups in total. The van der Waals surface area contributed by atoms with E-state index in [0.717, 1.165) is 17.5 Å². The molecule has 1 fully saturated rings. The molecular weight excluding hydrogens is 306 g/mol. The molecule has 0 bridgehead atoms. The Balaban J connectivity index is 1.65. The number of benzene rings is 1. The summed E-state index contributed by atoms with van der Waals surface area (Å²) >= 11 is 0. The summed E-state index contributed by atoms with van der Waals surface area (Å²) in [6, 6.07) is 4.86. The number of nitrogens with two attached hydrogens (primary N) is 1. The lowest BCUT2D eigenvalue weighted by molar-refractivity contribution is -0.128. The number of ether oxygens (including phenoxy) is 1. The first-order valence-corrected chi connectivity index (χ1v) is 8.66. The fraction of sp³-hybridized carbons (Fsp3) is 0.500. The molecule has 120 valence electrons. The van der Waals surface area contributed by atoms with Crippen molar-refractivity contribution in [2.45, 2.75) is 30.6 Å². The van der Waals surface area contributed by atoms with E-state index in [2.05, 4.69) is 4.72 Å². The van der Waals surface area contributed by atoms with Crippen molar-refractivity contribution in [2.75, 3.05) is 19.6 Å². The van der Waals surface area contributed by atoms with E-state index in [0.29, 0.717) is 26.3 Å². The van der Waals surface area contributed by atoms with E-state index in [1.807, 2.05) is 0 Å². The predicted molar refractivity (Wildman–Crippen MR) is 79.3 cm³/mol. The van der Waals surface area contributed by atoms with Crippen LogP contribution in [0.4, 0.5) is 0 Å². The smallest absolute Gasteiger partial charge is 0.241 e. The van der Waals surface area contributed by atoms with Gasteiger partial charge in [0, 0.05) is 19.1 Å². The molecular formula is C14H19N3O4S. The van der Waals surface area contributed by atoms with Crippen molar-refractivity contribution in [3.63, 3.8) is 0 Å². The highest BCUT2D eigenvalue weighted by molar-refractivity contribution is 7.89. The Hall–Kier alpha value is -1.48. The molecule has 1 amide bonds. The largest absolute Gasteiger partial charge is 0.372 e. The highest BCUT2D eigenvalue weighted by Gasteiger charge is 2.25. The zero-order chi connectivity index (χ0) is 15.7. The van der Waals surface area contributed by atoms with Crippen LogP contribution in [0.5, 0.6) is 0 Å². The minimum atomic E-state index is -3.70. The molecule has 0 radical (unpaired) electrons. The lowest BCUT2D eigenvalue weighted by atomic mass is 10.1. The number of hydrogen-bond donors (Lipinski definition) is 2. The Morgan fingerprint density at radius 1 is 1.36 bits per heavy atom. The topological polar surface area (TPSA) is 102 Å². The number of hydrogen-bond acceptors (Lipinski definition) is 5. The van der Waals surface area contributed by atoms with Gasteiger partial charge in [0.2, 0.25) is 15.9 Å². The maximum absolute atomic E-state index is 12.3. The van der Waals surface area contributed by atoms with Crippen LogP contribution in [0, 0.1) is 0 Å².